The maximum atomic E-state index is 3.64. The summed E-state index contributed by atoms with van der Waals surface area (Å²) in [5, 5.41) is 3.64. The van der Waals surface area contributed by atoms with E-state index in [1.54, 1.807) is 0 Å². The highest BCUT2D eigenvalue weighted by Gasteiger charge is 2.32. The Morgan fingerprint density at radius 1 is 1.20 bits per heavy atom. The lowest BCUT2D eigenvalue weighted by molar-refractivity contribution is 0.266. The van der Waals surface area contributed by atoms with Crippen molar-refractivity contribution in [2.75, 3.05) is 32.1 Å². The minimum absolute atomic E-state index is 0.666. The first-order chi connectivity index (χ1) is 9.65. The quantitative estimate of drug-likeness (QED) is 0.888. The van der Waals surface area contributed by atoms with Gasteiger partial charge >= 0.3 is 0 Å². The SMILES string of the molecule is CC1CN(c2ccccc2CNC2CC2)CC1N(C)C. The Bertz CT molecular complexity index is 453. The molecule has 2 atom stereocenters. The summed E-state index contributed by atoms with van der Waals surface area (Å²) in [6.45, 7) is 5.70. The predicted molar refractivity (Wildman–Crippen MR) is 85.2 cm³/mol. The molecular formula is C17H27N3. The highest BCUT2D eigenvalue weighted by atomic mass is 15.2. The third kappa shape index (κ3) is 2.99. The number of hydrogen-bond acceptors (Lipinski definition) is 3. The molecule has 0 aromatic heterocycles. The molecule has 3 heteroatoms. The summed E-state index contributed by atoms with van der Waals surface area (Å²) < 4.78 is 0. The molecule has 1 saturated heterocycles. The van der Waals surface area contributed by atoms with Crippen LogP contribution in [0, 0.1) is 5.92 Å². The van der Waals surface area contributed by atoms with Crippen molar-refractivity contribution in [3.05, 3.63) is 29.8 Å². The lowest BCUT2D eigenvalue weighted by Gasteiger charge is -2.24. The van der Waals surface area contributed by atoms with Gasteiger partial charge in [0.05, 0.1) is 0 Å². The average molecular weight is 273 g/mol. The molecule has 110 valence electrons. The van der Waals surface area contributed by atoms with E-state index in [1.165, 1.54) is 30.6 Å². The second-order valence-electron chi connectivity index (χ2n) is 6.70. The first kappa shape index (κ1) is 13.9. The van der Waals surface area contributed by atoms with Crippen LogP contribution in [0.2, 0.25) is 0 Å². The standard InChI is InChI=1S/C17H27N3/c1-13-11-20(12-17(13)19(2)3)16-7-5-4-6-14(16)10-18-15-8-9-15/h4-7,13,15,17-18H,8-12H2,1-3H3. The van der Waals surface area contributed by atoms with E-state index in [0.717, 1.165) is 25.0 Å². The Morgan fingerprint density at radius 3 is 2.60 bits per heavy atom. The molecule has 1 N–H and O–H groups in total. The van der Waals surface area contributed by atoms with E-state index < -0.39 is 0 Å². The Hall–Kier alpha value is -1.06. The van der Waals surface area contributed by atoms with Crippen LogP contribution in [0.3, 0.4) is 0 Å². The highest BCUT2D eigenvalue weighted by molar-refractivity contribution is 5.54. The van der Waals surface area contributed by atoms with E-state index in [9.17, 15) is 0 Å². The topological polar surface area (TPSA) is 18.5 Å². The fourth-order valence-corrected chi connectivity index (χ4v) is 3.33. The average Bonchev–Trinajstić information content (AvgIpc) is 3.18. The summed E-state index contributed by atoms with van der Waals surface area (Å²) >= 11 is 0. The number of benzene rings is 1. The van der Waals surface area contributed by atoms with Crippen LogP contribution in [0.15, 0.2) is 24.3 Å². The fourth-order valence-electron chi connectivity index (χ4n) is 3.33. The van der Waals surface area contributed by atoms with Crippen LogP contribution in [0.4, 0.5) is 5.69 Å². The van der Waals surface area contributed by atoms with Crippen LogP contribution in [-0.4, -0.2) is 44.2 Å². The first-order valence-electron chi connectivity index (χ1n) is 7.88. The Labute approximate surface area is 123 Å². The third-order valence-corrected chi connectivity index (χ3v) is 4.73. The van der Waals surface area contributed by atoms with Crippen LogP contribution in [-0.2, 0) is 6.54 Å². The van der Waals surface area contributed by atoms with Gasteiger partial charge in [0.15, 0.2) is 0 Å². The Balaban J connectivity index is 1.72. The van der Waals surface area contributed by atoms with Crippen LogP contribution >= 0.6 is 0 Å². The maximum absolute atomic E-state index is 3.64. The number of para-hydroxylation sites is 1. The number of rotatable bonds is 5. The van der Waals surface area contributed by atoms with E-state index in [4.69, 9.17) is 0 Å². The van der Waals surface area contributed by atoms with Gasteiger partial charge in [-0.25, -0.2) is 0 Å². The molecule has 1 aromatic carbocycles. The van der Waals surface area contributed by atoms with Crippen molar-refractivity contribution in [1.82, 2.24) is 10.2 Å². The summed E-state index contributed by atoms with van der Waals surface area (Å²) in [7, 11) is 4.40. The van der Waals surface area contributed by atoms with Crippen LogP contribution < -0.4 is 10.2 Å². The summed E-state index contributed by atoms with van der Waals surface area (Å²) in [5.74, 6) is 0.731. The Kier molecular flexibility index (Phi) is 3.99. The smallest absolute Gasteiger partial charge is 0.0412 e. The molecule has 1 aromatic rings. The third-order valence-electron chi connectivity index (χ3n) is 4.73. The lowest BCUT2D eigenvalue weighted by atomic mass is 10.1. The highest BCUT2D eigenvalue weighted by Crippen LogP contribution is 2.29. The zero-order valence-electron chi connectivity index (χ0n) is 13.0. The molecule has 0 amide bonds. The lowest BCUT2D eigenvalue weighted by Crippen LogP contribution is -2.34. The van der Waals surface area contributed by atoms with E-state index >= 15 is 0 Å². The minimum atomic E-state index is 0.666. The van der Waals surface area contributed by atoms with Crippen molar-refractivity contribution in [1.29, 1.82) is 0 Å². The van der Waals surface area contributed by atoms with Gasteiger partial charge in [0.25, 0.3) is 0 Å². The number of nitrogens with one attached hydrogen (secondary N) is 1. The Morgan fingerprint density at radius 2 is 1.95 bits per heavy atom. The largest absolute Gasteiger partial charge is 0.369 e. The second-order valence-corrected chi connectivity index (χ2v) is 6.70. The normalized spacial score (nSPS) is 26.5. The van der Waals surface area contributed by atoms with Crippen LogP contribution in [0.1, 0.15) is 25.3 Å². The van der Waals surface area contributed by atoms with Crippen molar-refractivity contribution in [2.24, 2.45) is 5.92 Å². The van der Waals surface area contributed by atoms with Gasteiger partial charge in [-0.3, -0.25) is 0 Å². The molecule has 20 heavy (non-hydrogen) atoms. The molecule has 2 aliphatic rings. The van der Waals surface area contributed by atoms with E-state index in [-0.39, 0.29) is 0 Å². The zero-order valence-corrected chi connectivity index (χ0v) is 13.0. The van der Waals surface area contributed by atoms with Gasteiger partial charge in [0.2, 0.25) is 0 Å². The molecule has 0 radical (unpaired) electrons. The molecule has 1 saturated carbocycles. The summed E-state index contributed by atoms with van der Waals surface area (Å²) in [4.78, 5) is 4.94. The molecule has 1 aliphatic carbocycles. The van der Waals surface area contributed by atoms with Crippen molar-refractivity contribution in [3.8, 4) is 0 Å². The van der Waals surface area contributed by atoms with E-state index in [1.807, 2.05) is 0 Å². The van der Waals surface area contributed by atoms with Crippen LogP contribution in [0.25, 0.3) is 0 Å². The van der Waals surface area contributed by atoms with Crippen LogP contribution in [0.5, 0.6) is 0 Å². The van der Waals surface area contributed by atoms with Crippen molar-refractivity contribution < 1.29 is 0 Å². The second kappa shape index (κ2) is 5.74. The molecular weight excluding hydrogens is 246 g/mol. The summed E-state index contributed by atoms with van der Waals surface area (Å²) in [5.41, 5.74) is 2.88. The number of anilines is 1. The zero-order chi connectivity index (χ0) is 14.1. The predicted octanol–water partition coefficient (Wildman–Crippen LogP) is 2.32. The molecule has 1 heterocycles. The monoisotopic (exact) mass is 273 g/mol. The van der Waals surface area contributed by atoms with Gasteiger partial charge in [-0.15, -0.1) is 0 Å². The number of nitrogens with zero attached hydrogens (tertiary/aromatic N) is 2. The first-order valence-corrected chi connectivity index (χ1v) is 7.88. The fraction of sp³-hybridized carbons (Fsp3) is 0.647. The molecule has 0 bridgehead atoms. The molecule has 0 spiro atoms. The van der Waals surface area contributed by atoms with Gasteiger partial charge in [-0.1, -0.05) is 25.1 Å². The minimum Gasteiger partial charge on any atom is -0.369 e. The van der Waals surface area contributed by atoms with Crippen molar-refractivity contribution in [2.45, 2.75) is 38.4 Å². The van der Waals surface area contributed by atoms with Crippen molar-refractivity contribution in [3.63, 3.8) is 0 Å². The summed E-state index contributed by atoms with van der Waals surface area (Å²) in [6.07, 6.45) is 2.71. The van der Waals surface area contributed by atoms with Gasteiger partial charge in [0.1, 0.15) is 0 Å². The van der Waals surface area contributed by atoms with Gasteiger partial charge < -0.3 is 15.1 Å². The maximum Gasteiger partial charge on any atom is 0.0412 e. The van der Waals surface area contributed by atoms with Crippen molar-refractivity contribution >= 4 is 5.69 Å². The van der Waals surface area contributed by atoms with Gasteiger partial charge in [-0.05, 0) is 44.5 Å². The molecule has 1 aliphatic heterocycles. The van der Waals surface area contributed by atoms with Gasteiger partial charge in [-0.2, -0.15) is 0 Å². The molecule has 3 nitrogen and oxygen atoms in total. The van der Waals surface area contributed by atoms with E-state index in [2.05, 4.69) is 60.4 Å². The molecule has 2 fully saturated rings. The summed E-state index contributed by atoms with van der Waals surface area (Å²) in [6, 6.07) is 10.3. The molecule has 3 rings (SSSR count). The number of likely N-dealkylation sites (N-methyl/N-ethyl adjacent to an activating group) is 1. The van der Waals surface area contributed by atoms with E-state index in [0.29, 0.717) is 6.04 Å². The number of hydrogen-bond donors (Lipinski definition) is 1. The molecule has 2 unspecified atom stereocenters. The van der Waals surface area contributed by atoms with Gasteiger partial charge in [0, 0.05) is 37.4 Å².